The van der Waals surface area contributed by atoms with Gasteiger partial charge in [-0.3, -0.25) is 9.48 Å². The molecule has 0 unspecified atom stereocenters. The lowest BCUT2D eigenvalue weighted by Gasteiger charge is -2.02. The van der Waals surface area contributed by atoms with Crippen molar-refractivity contribution in [1.82, 2.24) is 14.3 Å². The van der Waals surface area contributed by atoms with E-state index in [1.54, 1.807) is 35.3 Å². The van der Waals surface area contributed by atoms with E-state index >= 15 is 0 Å². The highest BCUT2D eigenvalue weighted by Crippen LogP contribution is 2.23. The van der Waals surface area contributed by atoms with Crippen LogP contribution in [0, 0.1) is 13.8 Å². The SMILES string of the molecule is CCn1c(=NC(=O)c2ccn(C)n2)sc2c(C)cc(C)cc21. The summed E-state index contributed by atoms with van der Waals surface area (Å²) in [5, 5.41) is 4.12. The first-order valence-corrected chi connectivity index (χ1v) is 8.00. The summed E-state index contributed by atoms with van der Waals surface area (Å²) in [6.07, 6.45) is 1.75. The third-order valence-corrected chi connectivity index (χ3v) is 4.79. The summed E-state index contributed by atoms with van der Waals surface area (Å²) >= 11 is 1.55. The van der Waals surface area contributed by atoms with Crippen LogP contribution in [0.3, 0.4) is 0 Å². The zero-order valence-electron chi connectivity index (χ0n) is 13.1. The van der Waals surface area contributed by atoms with Gasteiger partial charge in [0.1, 0.15) is 0 Å². The van der Waals surface area contributed by atoms with Crippen molar-refractivity contribution in [2.45, 2.75) is 27.3 Å². The van der Waals surface area contributed by atoms with Gasteiger partial charge in [-0.25, -0.2) is 0 Å². The predicted molar refractivity (Wildman–Crippen MR) is 88.1 cm³/mol. The highest BCUT2D eigenvalue weighted by molar-refractivity contribution is 7.16. The normalized spacial score (nSPS) is 12.3. The van der Waals surface area contributed by atoms with Crippen LogP contribution in [0.4, 0.5) is 0 Å². The molecule has 22 heavy (non-hydrogen) atoms. The first-order valence-electron chi connectivity index (χ1n) is 7.19. The van der Waals surface area contributed by atoms with Crippen LogP contribution in [0.25, 0.3) is 10.2 Å². The monoisotopic (exact) mass is 314 g/mol. The van der Waals surface area contributed by atoms with Crippen molar-refractivity contribution in [3.05, 3.63) is 46.0 Å². The number of carbonyl (C=O) groups is 1. The first-order chi connectivity index (χ1) is 10.5. The molecule has 3 rings (SSSR count). The van der Waals surface area contributed by atoms with Crippen molar-refractivity contribution in [3.8, 4) is 0 Å². The molecule has 0 saturated heterocycles. The van der Waals surface area contributed by atoms with Crippen LogP contribution in [0.1, 0.15) is 28.5 Å². The van der Waals surface area contributed by atoms with Gasteiger partial charge in [0.2, 0.25) is 0 Å². The maximum absolute atomic E-state index is 12.3. The molecule has 1 aromatic carbocycles. The molecule has 0 bridgehead atoms. The van der Waals surface area contributed by atoms with Crippen LogP contribution < -0.4 is 4.80 Å². The Balaban J connectivity index is 2.20. The lowest BCUT2D eigenvalue weighted by molar-refractivity contribution is 0.0992. The zero-order chi connectivity index (χ0) is 15.9. The summed E-state index contributed by atoms with van der Waals surface area (Å²) in [5.74, 6) is -0.302. The molecule has 0 saturated carbocycles. The van der Waals surface area contributed by atoms with E-state index in [9.17, 15) is 4.79 Å². The minimum absolute atomic E-state index is 0.302. The minimum atomic E-state index is -0.302. The molecule has 5 nitrogen and oxygen atoms in total. The second kappa shape index (κ2) is 5.53. The second-order valence-corrected chi connectivity index (χ2v) is 6.33. The van der Waals surface area contributed by atoms with E-state index in [-0.39, 0.29) is 5.91 Å². The standard InChI is InChI=1S/C16H18N4OS/c1-5-20-13-9-10(2)8-11(3)14(13)22-16(20)17-15(21)12-6-7-19(4)18-12/h6-9H,5H2,1-4H3. The maximum atomic E-state index is 12.3. The van der Waals surface area contributed by atoms with Crippen molar-refractivity contribution >= 4 is 27.5 Å². The van der Waals surface area contributed by atoms with Gasteiger partial charge >= 0.3 is 0 Å². The largest absolute Gasteiger partial charge is 0.317 e. The number of thiazole rings is 1. The quantitative estimate of drug-likeness (QED) is 0.730. The van der Waals surface area contributed by atoms with Gasteiger partial charge in [0, 0.05) is 19.8 Å². The molecule has 2 heterocycles. The Kier molecular flexibility index (Phi) is 3.70. The number of aryl methyl sites for hydroxylation is 4. The van der Waals surface area contributed by atoms with Gasteiger partial charge in [-0.15, -0.1) is 0 Å². The highest BCUT2D eigenvalue weighted by atomic mass is 32.1. The number of benzene rings is 1. The van der Waals surface area contributed by atoms with Crippen molar-refractivity contribution < 1.29 is 4.79 Å². The molecule has 2 aromatic heterocycles. The van der Waals surface area contributed by atoms with Crippen molar-refractivity contribution in [3.63, 3.8) is 0 Å². The summed E-state index contributed by atoms with van der Waals surface area (Å²) in [5.41, 5.74) is 3.94. The second-order valence-electron chi connectivity index (χ2n) is 5.35. The number of amides is 1. The lowest BCUT2D eigenvalue weighted by atomic mass is 10.1. The van der Waals surface area contributed by atoms with E-state index in [1.807, 2.05) is 0 Å². The molecule has 0 spiro atoms. The third-order valence-electron chi connectivity index (χ3n) is 3.56. The van der Waals surface area contributed by atoms with Gasteiger partial charge in [-0.05, 0) is 44.0 Å². The molecular weight excluding hydrogens is 296 g/mol. The predicted octanol–water partition coefficient (Wildman–Crippen LogP) is 2.81. The van der Waals surface area contributed by atoms with Gasteiger partial charge in [0.15, 0.2) is 10.5 Å². The molecule has 0 aliphatic carbocycles. The van der Waals surface area contributed by atoms with Crippen molar-refractivity contribution in [2.75, 3.05) is 0 Å². The fourth-order valence-corrected chi connectivity index (χ4v) is 3.72. The molecule has 6 heteroatoms. The van der Waals surface area contributed by atoms with Crippen molar-refractivity contribution in [2.24, 2.45) is 12.0 Å². The summed E-state index contributed by atoms with van der Waals surface area (Å²) in [6, 6.07) is 5.99. The third kappa shape index (κ3) is 2.50. The summed E-state index contributed by atoms with van der Waals surface area (Å²) in [7, 11) is 1.79. The number of rotatable bonds is 2. The highest BCUT2D eigenvalue weighted by Gasteiger charge is 2.11. The number of nitrogens with zero attached hydrogens (tertiary/aromatic N) is 4. The molecule has 0 atom stereocenters. The van der Waals surface area contributed by atoms with Gasteiger partial charge in [0.05, 0.1) is 10.2 Å². The molecule has 114 valence electrons. The lowest BCUT2D eigenvalue weighted by Crippen LogP contribution is -2.16. The van der Waals surface area contributed by atoms with Crippen molar-refractivity contribution in [1.29, 1.82) is 0 Å². The molecule has 0 fully saturated rings. The molecule has 1 amide bonds. The number of fused-ring (bicyclic) bond motifs is 1. The van der Waals surface area contributed by atoms with E-state index < -0.39 is 0 Å². The number of hydrogen-bond acceptors (Lipinski definition) is 3. The average Bonchev–Trinajstić information content (AvgIpc) is 3.02. The Morgan fingerprint density at radius 1 is 1.36 bits per heavy atom. The van der Waals surface area contributed by atoms with E-state index in [0.717, 1.165) is 16.9 Å². The summed E-state index contributed by atoms with van der Waals surface area (Å²) in [6.45, 7) is 7.02. The minimum Gasteiger partial charge on any atom is -0.317 e. The Bertz CT molecular complexity index is 929. The number of hydrogen-bond donors (Lipinski definition) is 0. The zero-order valence-corrected chi connectivity index (χ0v) is 13.9. The van der Waals surface area contributed by atoms with E-state index in [4.69, 9.17) is 0 Å². The van der Waals surface area contributed by atoms with Gasteiger partial charge in [-0.2, -0.15) is 10.1 Å². The molecule has 0 radical (unpaired) electrons. The fourth-order valence-electron chi connectivity index (χ4n) is 2.58. The van der Waals surface area contributed by atoms with E-state index in [1.165, 1.54) is 15.8 Å². The van der Waals surface area contributed by atoms with E-state index in [0.29, 0.717) is 5.69 Å². The average molecular weight is 314 g/mol. The Morgan fingerprint density at radius 3 is 2.77 bits per heavy atom. The number of carbonyl (C=O) groups excluding carboxylic acids is 1. The molecule has 0 N–H and O–H groups in total. The summed E-state index contributed by atoms with van der Waals surface area (Å²) < 4.78 is 4.87. The Morgan fingerprint density at radius 2 is 2.14 bits per heavy atom. The molecular formula is C16H18N4OS. The van der Waals surface area contributed by atoms with Gasteiger partial charge in [-0.1, -0.05) is 17.4 Å². The topological polar surface area (TPSA) is 52.2 Å². The van der Waals surface area contributed by atoms with Crippen LogP contribution in [-0.4, -0.2) is 20.3 Å². The van der Waals surface area contributed by atoms with Crippen LogP contribution in [0.15, 0.2) is 29.4 Å². The van der Waals surface area contributed by atoms with Crippen LogP contribution in [0.5, 0.6) is 0 Å². The smallest absolute Gasteiger partial charge is 0.300 e. The molecule has 0 aliphatic rings. The summed E-state index contributed by atoms with van der Waals surface area (Å²) in [4.78, 5) is 17.3. The van der Waals surface area contributed by atoms with Gasteiger partial charge < -0.3 is 4.57 Å². The van der Waals surface area contributed by atoms with E-state index in [2.05, 4.69) is 47.6 Å². The number of aromatic nitrogens is 3. The molecule has 3 aromatic rings. The fraction of sp³-hybridized carbons (Fsp3) is 0.312. The first kappa shape index (κ1) is 14.7. The van der Waals surface area contributed by atoms with Crippen LogP contribution >= 0.6 is 11.3 Å². The van der Waals surface area contributed by atoms with Crippen LogP contribution in [0.2, 0.25) is 0 Å². The Labute approximate surface area is 132 Å². The molecule has 0 aliphatic heterocycles. The van der Waals surface area contributed by atoms with Gasteiger partial charge in [0.25, 0.3) is 5.91 Å². The maximum Gasteiger partial charge on any atom is 0.300 e. The van der Waals surface area contributed by atoms with Crippen LogP contribution in [-0.2, 0) is 13.6 Å². The Hall–Kier alpha value is -2.21.